The van der Waals surface area contributed by atoms with Crippen LogP contribution in [0.15, 0.2) is 18.3 Å². The number of carbonyl (C=O) groups is 1. The highest BCUT2D eigenvalue weighted by atomic mass is 16.5. The zero-order valence-corrected chi connectivity index (χ0v) is 16.0. The van der Waals surface area contributed by atoms with Crippen LogP contribution in [0.2, 0.25) is 0 Å². The van der Waals surface area contributed by atoms with E-state index < -0.39 is 5.91 Å². The Kier molecular flexibility index (Phi) is 7.04. The molecule has 1 heterocycles. The molecule has 0 radical (unpaired) electrons. The summed E-state index contributed by atoms with van der Waals surface area (Å²) in [6.45, 7) is 4.43. The Hall–Kier alpha value is -3.23. The lowest BCUT2D eigenvalue weighted by Gasteiger charge is -2.15. The number of carbonyl (C=O) groups excluding carboxylic acids is 1. The molecule has 9 heteroatoms. The van der Waals surface area contributed by atoms with Gasteiger partial charge < -0.3 is 29.0 Å². The van der Waals surface area contributed by atoms with Gasteiger partial charge in [-0.25, -0.2) is 4.98 Å². The molecule has 1 N–H and O–H groups in total. The fourth-order valence-corrected chi connectivity index (χ4v) is 2.29. The van der Waals surface area contributed by atoms with Crippen LogP contribution in [0, 0.1) is 0 Å². The van der Waals surface area contributed by atoms with E-state index in [0.717, 1.165) is 0 Å². The summed E-state index contributed by atoms with van der Waals surface area (Å²) in [5.41, 5.74) is 0.625. The number of amides is 1. The molecule has 0 unspecified atom stereocenters. The molecule has 1 amide bonds. The fraction of sp³-hybridized carbons (Fsp3) is 0.389. The third-order valence-corrected chi connectivity index (χ3v) is 3.46. The largest absolute Gasteiger partial charge is 0.493 e. The number of hydrogen-bond donors (Lipinski definition) is 1. The molecule has 0 fully saturated rings. The van der Waals surface area contributed by atoms with Crippen molar-refractivity contribution >= 4 is 11.6 Å². The molecule has 27 heavy (non-hydrogen) atoms. The first-order valence-corrected chi connectivity index (χ1v) is 8.31. The van der Waals surface area contributed by atoms with Crippen molar-refractivity contribution in [2.45, 2.75) is 13.8 Å². The van der Waals surface area contributed by atoms with Gasteiger partial charge in [0.15, 0.2) is 11.5 Å². The highest BCUT2D eigenvalue weighted by molar-refractivity contribution is 6.05. The van der Waals surface area contributed by atoms with Gasteiger partial charge in [-0.3, -0.25) is 4.79 Å². The third-order valence-electron chi connectivity index (χ3n) is 3.46. The maximum atomic E-state index is 12.7. The third kappa shape index (κ3) is 4.69. The van der Waals surface area contributed by atoms with Gasteiger partial charge in [0.2, 0.25) is 11.6 Å². The number of ether oxygens (including phenoxy) is 5. The van der Waals surface area contributed by atoms with Crippen LogP contribution in [-0.2, 0) is 0 Å². The highest BCUT2D eigenvalue weighted by Crippen LogP contribution is 2.38. The quantitative estimate of drug-likeness (QED) is 0.711. The Balaban J connectivity index is 2.34. The molecule has 0 aliphatic carbocycles. The van der Waals surface area contributed by atoms with Gasteiger partial charge >= 0.3 is 6.01 Å². The summed E-state index contributed by atoms with van der Waals surface area (Å²) in [5, 5.41) is 2.72. The summed E-state index contributed by atoms with van der Waals surface area (Å²) in [6.07, 6.45) is 1.43. The summed E-state index contributed by atoms with van der Waals surface area (Å²) in [4.78, 5) is 20.9. The van der Waals surface area contributed by atoms with Crippen LogP contribution >= 0.6 is 0 Å². The molecule has 0 atom stereocenters. The van der Waals surface area contributed by atoms with Crippen LogP contribution in [0.1, 0.15) is 24.2 Å². The minimum atomic E-state index is -0.414. The van der Waals surface area contributed by atoms with Crippen molar-refractivity contribution in [3.05, 3.63) is 23.9 Å². The minimum Gasteiger partial charge on any atom is -0.493 e. The molecule has 0 saturated heterocycles. The van der Waals surface area contributed by atoms with Crippen LogP contribution in [0.4, 0.5) is 5.69 Å². The van der Waals surface area contributed by atoms with Crippen molar-refractivity contribution < 1.29 is 28.5 Å². The Bertz CT molecular complexity index is 772. The molecule has 0 saturated carbocycles. The van der Waals surface area contributed by atoms with Gasteiger partial charge in [0.05, 0.1) is 40.7 Å². The first-order valence-electron chi connectivity index (χ1n) is 8.31. The van der Waals surface area contributed by atoms with Crippen molar-refractivity contribution in [3.63, 3.8) is 0 Å². The molecular weight excluding hydrogens is 354 g/mol. The van der Waals surface area contributed by atoms with Crippen LogP contribution < -0.4 is 29.0 Å². The number of anilines is 1. The van der Waals surface area contributed by atoms with E-state index in [1.807, 2.05) is 13.8 Å². The number of nitrogens with zero attached hydrogens (tertiary/aromatic N) is 2. The number of nitrogens with one attached hydrogen (secondary N) is 1. The number of rotatable bonds is 9. The average Bonchev–Trinajstić information content (AvgIpc) is 2.69. The van der Waals surface area contributed by atoms with Crippen LogP contribution in [-0.4, -0.2) is 50.4 Å². The van der Waals surface area contributed by atoms with Crippen molar-refractivity contribution in [1.29, 1.82) is 0 Å². The first kappa shape index (κ1) is 20.1. The predicted octanol–water partition coefficient (Wildman–Crippen LogP) is 2.55. The summed E-state index contributed by atoms with van der Waals surface area (Å²) < 4.78 is 26.5. The second kappa shape index (κ2) is 9.46. The molecule has 0 bridgehead atoms. The predicted molar refractivity (Wildman–Crippen MR) is 98.4 cm³/mol. The van der Waals surface area contributed by atoms with E-state index in [0.29, 0.717) is 41.7 Å². The maximum Gasteiger partial charge on any atom is 0.319 e. The SMILES string of the molecule is CCOc1ncc(NC(=O)c2cc(OC)c(OC)c(OC)c2)c(OCC)n1. The van der Waals surface area contributed by atoms with Crippen molar-refractivity contribution in [2.24, 2.45) is 0 Å². The molecule has 1 aromatic carbocycles. The average molecular weight is 377 g/mol. The van der Waals surface area contributed by atoms with E-state index in [4.69, 9.17) is 23.7 Å². The van der Waals surface area contributed by atoms with E-state index in [-0.39, 0.29) is 11.9 Å². The number of methoxy groups -OCH3 is 3. The van der Waals surface area contributed by atoms with Gasteiger partial charge in [0.25, 0.3) is 5.91 Å². The lowest BCUT2D eigenvalue weighted by atomic mass is 10.1. The Morgan fingerprint density at radius 2 is 1.63 bits per heavy atom. The maximum absolute atomic E-state index is 12.7. The molecule has 146 valence electrons. The zero-order valence-electron chi connectivity index (χ0n) is 16.0. The lowest BCUT2D eigenvalue weighted by Crippen LogP contribution is -2.15. The molecule has 0 aliphatic heterocycles. The van der Waals surface area contributed by atoms with Crippen LogP contribution in [0.5, 0.6) is 29.1 Å². The molecular formula is C18H23N3O6. The Morgan fingerprint density at radius 3 is 2.15 bits per heavy atom. The number of hydrogen-bond acceptors (Lipinski definition) is 8. The van der Waals surface area contributed by atoms with Crippen molar-refractivity contribution in [2.75, 3.05) is 39.9 Å². The zero-order chi connectivity index (χ0) is 19.8. The second-order valence-corrected chi connectivity index (χ2v) is 5.11. The molecule has 2 aromatic rings. The van der Waals surface area contributed by atoms with E-state index in [1.165, 1.54) is 27.5 Å². The van der Waals surface area contributed by atoms with E-state index in [2.05, 4.69) is 15.3 Å². The topological polar surface area (TPSA) is 101 Å². The smallest absolute Gasteiger partial charge is 0.319 e. The van der Waals surface area contributed by atoms with Crippen LogP contribution in [0.3, 0.4) is 0 Å². The fourth-order valence-electron chi connectivity index (χ4n) is 2.29. The van der Waals surface area contributed by atoms with Crippen molar-refractivity contribution in [3.8, 4) is 29.1 Å². The number of benzene rings is 1. The van der Waals surface area contributed by atoms with E-state index in [9.17, 15) is 4.79 Å². The summed E-state index contributed by atoms with van der Waals surface area (Å²) >= 11 is 0. The van der Waals surface area contributed by atoms with Crippen LogP contribution in [0.25, 0.3) is 0 Å². The van der Waals surface area contributed by atoms with Gasteiger partial charge in [-0.1, -0.05) is 0 Å². The minimum absolute atomic E-state index is 0.173. The highest BCUT2D eigenvalue weighted by Gasteiger charge is 2.19. The first-order chi connectivity index (χ1) is 13.1. The van der Waals surface area contributed by atoms with E-state index >= 15 is 0 Å². The second-order valence-electron chi connectivity index (χ2n) is 5.11. The van der Waals surface area contributed by atoms with Crippen molar-refractivity contribution in [1.82, 2.24) is 9.97 Å². The standard InChI is InChI=1S/C18H23N3O6/c1-6-26-17-12(10-19-18(21-17)27-7-2)20-16(22)11-8-13(23-3)15(25-5)14(9-11)24-4/h8-10H,6-7H2,1-5H3,(H,20,22). The Labute approximate surface area is 157 Å². The Morgan fingerprint density at radius 1 is 1.00 bits per heavy atom. The lowest BCUT2D eigenvalue weighted by molar-refractivity contribution is 0.102. The van der Waals surface area contributed by atoms with Gasteiger partial charge in [0.1, 0.15) is 5.69 Å². The van der Waals surface area contributed by atoms with Gasteiger partial charge in [-0.2, -0.15) is 4.98 Å². The molecule has 0 spiro atoms. The summed E-state index contributed by atoms with van der Waals surface area (Å²) in [5.74, 6) is 0.945. The molecule has 9 nitrogen and oxygen atoms in total. The summed E-state index contributed by atoms with van der Waals surface area (Å²) in [6, 6.07) is 3.27. The van der Waals surface area contributed by atoms with Gasteiger partial charge in [-0.15, -0.1) is 0 Å². The normalized spacial score (nSPS) is 10.1. The van der Waals surface area contributed by atoms with Gasteiger partial charge in [-0.05, 0) is 26.0 Å². The number of aromatic nitrogens is 2. The molecule has 2 rings (SSSR count). The monoisotopic (exact) mass is 377 g/mol. The van der Waals surface area contributed by atoms with E-state index in [1.54, 1.807) is 12.1 Å². The van der Waals surface area contributed by atoms with Gasteiger partial charge in [0, 0.05) is 5.56 Å². The summed E-state index contributed by atoms with van der Waals surface area (Å²) in [7, 11) is 4.45. The molecule has 0 aliphatic rings. The molecule has 1 aromatic heterocycles.